The van der Waals surface area contributed by atoms with E-state index in [2.05, 4.69) is 65.3 Å². The molecule has 1 aliphatic rings. The lowest BCUT2D eigenvalue weighted by molar-refractivity contribution is 0.682. The molecule has 3 aromatic rings. The molecule has 2 heteroatoms. The normalized spacial score (nSPS) is 15.9. The number of rotatable bonds is 1. The maximum absolute atomic E-state index is 6.09. The lowest BCUT2D eigenvalue weighted by Crippen LogP contribution is -2.34. The first-order valence-corrected chi connectivity index (χ1v) is 8.86. The fourth-order valence-electron chi connectivity index (χ4n) is 3.34. The number of hydrogen-bond donors (Lipinski definition) is 0. The van der Waals surface area contributed by atoms with E-state index in [0.29, 0.717) is 0 Å². The molecule has 0 amide bonds. The second kappa shape index (κ2) is 7.05. The number of halogens is 1. The van der Waals surface area contributed by atoms with Crippen molar-refractivity contribution in [1.82, 2.24) is 0 Å². The average molecular weight is 344 g/mol. The summed E-state index contributed by atoms with van der Waals surface area (Å²) in [7, 11) is 0. The lowest BCUT2D eigenvalue weighted by Gasteiger charge is -2.36. The molecule has 0 fully saturated rings. The summed E-state index contributed by atoms with van der Waals surface area (Å²) in [6.45, 7) is 0.968. The summed E-state index contributed by atoms with van der Waals surface area (Å²) >= 11 is 6.09. The van der Waals surface area contributed by atoms with Gasteiger partial charge in [0, 0.05) is 22.8 Å². The zero-order chi connectivity index (χ0) is 17.1. The number of para-hydroxylation sites is 1. The van der Waals surface area contributed by atoms with Gasteiger partial charge < -0.3 is 4.90 Å². The molecule has 0 spiro atoms. The van der Waals surface area contributed by atoms with Crippen molar-refractivity contribution in [2.45, 2.75) is 12.5 Å². The monoisotopic (exact) mass is 343 g/mol. The summed E-state index contributed by atoms with van der Waals surface area (Å²) in [4.78, 5) is 2.39. The van der Waals surface area contributed by atoms with Gasteiger partial charge in [0.2, 0.25) is 0 Å². The third kappa shape index (κ3) is 3.40. The SMILES string of the molecule is Clc1cccc(C#C[C@H]2c3ccccc3CCN2c2ccccc2)c1. The maximum atomic E-state index is 6.09. The molecule has 0 aromatic heterocycles. The van der Waals surface area contributed by atoms with Crippen LogP contribution in [0.4, 0.5) is 5.69 Å². The van der Waals surface area contributed by atoms with Crippen molar-refractivity contribution in [3.63, 3.8) is 0 Å². The maximum Gasteiger partial charge on any atom is 0.117 e. The zero-order valence-corrected chi connectivity index (χ0v) is 14.6. The van der Waals surface area contributed by atoms with Crippen LogP contribution in [0.15, 0.2) is 78.9 Å². The van der Waals surface area contributed by atoms with Crippen LogP contribution in [0.5, 0.6) is 0 Å². The van der Waals surface area contributed by atoms with E-state index in [1.165, 1.54) is 16.8 Å². The summed E-state index contributed by atoms with van der Waals surface area (Å²) < 4.78 is 0. The third-order valence-corrected chi connectivity index (χ3v) is 4.78. The van der Waals surface area contributed by atoms with Crippen LogP contribution in [0.25, 0.3) is 0 Å². The largest absolute Gasteiger partial charge is 0.353 e. The molecule has 0 saturated heterocycles. The van der Waals surface area contributed by atoms with Gasteiger partial charge in [-0.15, -0.1) is 0 Å². The van der Waals surface area contributed by atoms with Crippen molar-refractivity contribution in [2.75, 3.05) is 11.4 Å². The lowest BCUT2D eigenvalue weighted by atomic mass is 9.92. The highest BCUT2D eigenvalue weighted by Gasteiger charge is 2.25. The van der Waals surface area contributed by atoms with Crippen LogP contribution in [0, 0.1) is 11.8 Å². The first-order valence-electron chi connectivity index (χ1n) is 8.48. The minimum atomic E-state index is 0.0475. The summed E-state index contributed by atoms with van der Waals surface area (Å²) in [5.74, 6) is 6.81. The average Bonchev–Trinajstić information content (AvgIpc) is 2.67. The van der Waals surface area contributed by atoms with E-state index in [4.69, 9.17) is 11.6 Å². The van der Waals surface area contributed by atoms with E-state index in [1.54, 1.807) is 0 Å². The van der Waals surface area contributed by atoms with E-state index in [-0.39, 0.29) is 6.04 Å². The Morgan fingerprint density at radius 1 is 0.880 bits per heavy atom. The van der Waals surface area contributed by atoms with Crippen molar-refractivity contribution in [2.24, 2.45) is 0 Å². The highest BCUT2D eigenvalue weighted by atomic mass is 35.5. The van der Waals surface area contributed by atoms with Crippen molar-refractivity contribution in [3.8, 4) is 11.8 Å². The summed E-state index contributed by atoms with van der Waals surface area (Å²) in [5, 5.41) is 0.718. The predicted octanol–water partition coefficient (Wildman–Crippen LogP) is 5.50. The number of fused-ring (bicyclic) bond motifs is 1. The molecule has 0 radical (unpaired) electrons. The molecule has 0 saturated carbocycles. The van der Waals surface area contributed by atoms with Crippen molar-refractivity contribution in [1.29, 1.82) is 0 Å². The molecule has 3 aromatic carbocycles. The van der Waals surface area contributed by atoms with Crippen LogP contribution in [0.2, 0.25) is 5.02 Å². The summed E-state index contributed by atoms with van der Waals surface area (Å²) in [6, 6.07) is 26.9. The molecule has 122 valence electrons. The highest BCUT2D eigenvalue weighted by molar-refractivity contribution is 6.30. The van der Waals surface area contributed by atoms with Gasteiger partial charge in [0.15, 0.2) is 0 Å². The van der Waals surface area contributed by atoms with E-state index in [9.17, 15) is 0 Å². The van der Waals surface area contributed by atoms with Gasteiger partial charge in [-0.3, -0.25) is 0 Å². The van der Waals surface area contributed by atoms with Gasteiger partial charge in [-0.1, -0.05) is 72.0 Å². The molecule has 1 heterocycles. The molecule has 1 nitrogen and oxygen atoms in total. The fraction of sp³-hybridized carbons (Fsp3) is 0.130. The number of anilines is 1. The molecule has 0 unspecified atom stereocenters. The van der Waals surface area contributed by atoms with Gasteiger partial charge in [-0.2, -0.15) is 0 Å². The molecule has 0 bridgehead atoms. The van der Waals surface area contributed by atoms with Crippen molar-refractivity contribution < 1.29 is 0 Å². The predicted molar refractivity (Wildman–Crippen MR) is 105 cm³/mol. The molecule has 0 aliphatic carbocycles. The molecule has 4 rings (SSSR count). The Kier molecular flexibility index (Phi) is 4.46. The topological polar surface area (TPSA) is 3.24 Å². The molecule has 25 heavy (non-hydrogen) atoms. The minimum absolute atomic E-state index is 0.0475. The number of nitrogens with zero attached hydrogens (tertiary/aromatic N) is 1. The standard InChI is InChI=1S/C23H18ClN/c24-20-9-6-7-18(17-20)13-14-23-22-12-5-4-8-19(22)15-16-25(23)21-10-2-1-3-11-21/h1-12,17,23H,15-16H2/t23-/m0/s1. The fourth-order valence-corrected chi connectivity index (χ4v) is 3.53. The van der Waals surface area contributed by atoms with Gasteiger partial charge >= 0.3 is 0 Å². The van der Waals surface area contributed by atoms with Crippen LogP contribution >= 0.6 is 11.6 Å². The van der Waals surface area contributed by atoms with Crippen molar-refractivity contribution >= 4 is 17.3 Å². The number of benzene rings is 3. The Morgan fingerprint density at radius 2 is 1.68 bits per heavy atom. The second-order valence-corrected chi connectivity index (χ2v) is 6.60. The first-order chi connectivity index (χ1) is 12.3. The van der Waals surface area contributed by atoms with Gasteiger partial charge in [-0.05, 0) is 47.9 Å². The highest BCUT2D eigenvalue weighted by Crippen LogP contribution is 2.33. The Labute approximate surface area is 153 Å². The van der Waals surface area contributed by atoms with Gasteiger partial charge in [0.05, 0.1) is 0 Å². The van der Waals surface area contributed by atoms with Crippen LogP contribution in [0.3, 0.4) is 0 Å². The van der Waals surface area contributed by atoms with E-state index in [0.717, 1.165) is 23.6 Å². The van der Waals surface area contributed by atoms with E-state index < -0.39 is 0 Å². The molecular weight excluding hydrogens is 326 g/mol. The zero-order valence-electron chi connectivity index (χ0n) is 13.8. The van der Waals surface area contributed by atoms with Crippen LogP contribution in [0.1, 0.15) is 22.7 Å². The summed E-state index contributed by atoms with van der Waals surface area (Å²) in [5.41, 5.74) is 4.85. The third-order valence-electron chi connectivity index (χ3n) is 4.55. The minimum Gasteiger partial charge on any atom is -0.353 e. The Bertz CT molecular complexity index is 937. The first kappa shape index (κ1) is 15.8. The van der Waals surface area contributed by atoms with Crippen LogP contribution in [-0.2, 0) is 6.42 Å². The summed E-state index contributed by atoms with van der Waals surface area (Å²) in [6.07, 6.45) is 1.04. The smallest absolute Gasteiger partial charge is 0.117 e. The van der Waals surface area contributed by atoms with Crippen molar-refractivity contribution in [3.05, 3.63) is 101 Å². The Hall–Kier alpha value is -2.69. The Morgan fingerprint density at radius 3 is 2.52 bits per heavy atom. The quantitative estimate of drug-likeness (QED) is 0.528. The molecule has 0 N–H and O–H groups in total. The second-order valence-electron chi connectivity index (χ2n) is 6.16. The van der Waals surface area contributed by atoms with E-state index >= 15 is 0 Å². The van der Waals surface area contributed by atoms with Gasteiger partial charge in [0.1, 0.15) is 6.04 Å². The van der Waals surface area contributed by atoms with Gasteiger partial charge in [-0.25, -0.2) is 0 Å². The van der Waals surface area contributed by atoms with Crippen LogP contribution < -0.4 is 4.90 Å². The van der Waals surface area contributed by atoms with E-state index in [1.807, 2.05) is 30.3 Å². The molecular formula is C23H18ClN. The molecule has 1 aliphatic heterocycles. The van der Waals surface area contributed by atoms with Gasteiger partial charge in [0.25, 0.3) is 0 Å². The number of hydrogen-bond acceptors (Lipinski definition) is 1. The Balaban J connectivity index is 1.77. The molecule has 1 atom stereocenters. The van der Waals surface area contributed by atoms with Crippen LogP contribution in [-0.4, -0.2) is 6.54 Å².